The molecule has 0 amide bonds. The van der Waals surface area contributed by atoms with Gasteiger partial charge in [0.2, 0.25) is 0 Å². The van der Waals surface area contributed by atoms with Gasteiger partial charge >= 0.3 is 0 Å². The third-order valence-corrected chi connectivity index (χ3v) is 0. The minimum absolute atomic E-state index is 0. The molecule has 0 aliphatic carbocycles. The summed E-state index contributed by atoms with van der Waals surface area (Å²) in [6.07, 6.45) is 0. The molecule has 35 valence electrons. The van der Waals surface area contributed by atoms with Crippen LogP contribution in [0.3, 0.4) is 0 Å². The molecule has 0 spiro atoms. The summed E-state index contributed by atoms with van der Waals surface area (Å²) in [5.74, 6) is 0. The van der Waals surface area contributed by atoms with Crippen LogP contribution >= 0.6 is 0 Å². The maximum absolute atomic E-state index is 4.25. The normalized spacial score (nSPS) is 0.667. The van der Waals surface area contributed by atoms with E-state index in [4.69, 9.17) is 0 Å². The van der Waals surface area contributed by atoms with Crippen LogP contribution in [0.5, 0.6) is 0 Å². The van der Waals surface area contributed by atoms with E-state index < -0.39 is 0 Å². The second-order valence-electron chi connectivity index (χ2n) is 0. The van der Waals surface area contributed by atoms with Crippen molar-refractivity contribution in [2.45, 2.75) is 0 Å². The Hall–Kier alpha value is 7.69. The molecule has 1 nitrogen and oxygen atoms in total. The van der Waals surface area contributed by atoms with Crippen LogP contribution in [0.2, 0.25) is 0 Å². The smallest absolute Gasteiger partial charge is 0 e. The van der Waals surface area contributed by atoms with Crippen molar-refractivity contribution in [3.63, 3.8) is 0 Å². The molecule has 0 bridgehead atoms. The van der Waals surface area contributed by atoms with Crippen molar-refractivity contribution in [1.82, 2.24) is 0 Å². The number of nitrogens with two attached hydrogens (primary N) is 1. The van der Waals surface area contributed by atoms with E-state index in [2.05, 4.69) is 12.8 Å². The Morgan fingerprint density at radius 1 is 0.444 bits per heavy atom. The maximum atomic E-state index is 4.25. The summed E-state index contributed by atoms with van der Waals surface area (Å²) >= 11 is 0. The minimum Gasteiger partial charge on any atom is -0.486 e. The Morgan fingerprint density at radius 2 is 0.444 bits per heavy atom. The van der Waals surface area contributed by atoms with Gasteiger partial charge in [-0.1, -0.05) is 0 Å². The van der Waals surface area contributed by atoms with Crippen LogP contribution in [0.25, 0.3) is 0 Å². The summed E-state index contributed by atoms with van der Waals surface area (Å²) in [4.78, 5) is 0. The van der Waals surface area contributed by atoms with E-state index in [9.17, 15) is 0 Å². The summed E-state index contributed by atoms with van der Waals surface area (Å²) in [7, 11) is 2.75. The number of rotatable bonds is 0. The molecule has 0 aromatic heterocycles. The Bertz CT molecular complexity index is 8.88. The molecule has 0 aromatic carbocycles. The van der Waals surface area contributed by atoms with E-state index in [0.717, 1.165) is 0 Å². The van der Waals surface area contributed by atoms with Crippen molar-refractivity contribution in [2.24, 2.45) is 5.73 Å². The van der Waals surface area contributed by atoms with Gasteiger partial charge in [-0.2, -0.15) is 0 Å². The van der Waals surface area contributed by atoms with Crippen LogP contribution in [0.4, 0.5) is 0 Å². The number of hydrogen-bond donors (Lipinski definition) is 1. The zero-order chi connectivity index (χ0) is 2.00. The molecular weight excluding hydrogens is 648 g/mol. The van der Waals surface area contributed by atoms with Crippen LogP contribution in [0.15, 0.2) is 0 Å². The van der Waals surface area contributed by atoms with Crippen molar-refractivity contribution in [1.29, 1.82) is 0 Å². The summed E-state index contributed by atoms with van der Waals surface area (Å²) in [6.45, 7) is 0. The van der Waals surface area contributed by atoms with Gasteiger partial charge in [-0.15, -0.1) is 0 Å². The fourth-order valence-corrected chi connectivity index (χ4v) is 0. The molecule has 0 heterocycles. The zero-order valence-corrected chi connectivity index (χ0v) is 25.2. The van der Waals surface area contributed by atoms with E-state index in [1.54, 1.807) is 0 Å². The molecule has 2 N–H and O–H groups in total. The summed E-state index contributed by atoms with van der Waals surface area (Å²) in [6, 6.07) is 0. The first-order valence-electron chi connectivity index (χ1n) is 0.408. The third-order valence-electron chi connectivity index (χ3n) is 0. The van der Waals surface area contributed by atoms with Crippen LogP contribution in [-0.2, 0) is 229 Å². The van der Waals surface area contributed by atoms with Crippen LogP contribution in [-0.4, -0.2) is 0 Å². The van der Waals surface area contributed by atoms with Gasteiger partial charge in [-0.3, -0.25) is 7.05 Å². The fourth-order valence-electron chi connectivity index (χ4n) is 0. The summed E-state index contributed by atoms with van der Waals surface area (Å²) < 4.78 is 0. The Morgan fingerprint density at radius 3 is 0.444 bits per heavy atom. The quantitative estimate of drug-likeness (QED) is 0.359. The molecule has 0 aliphatic rings. The van der Waals surface area contributed by atoms with Gasteiger partial charge < -0.3 is 5.73 Å². The molecule has 7 radical (unpaired) electrons. The average molecular weight is 652 g/mol. The Balaban J connectivity index is -0.000000000238. The predicted molar refractivity (Wildman–Crippen MR) is 9.54 cm³/mol. The molecule has 0 fully saturated rings. The van der Waals surface area contributed by atoms with Crippen molar-refractivity contribution in [2.75, 3.05) is 0 Å². The SMILES string of the molecule is [CH2-]N.[Y].[Y].[Y].[Y].[Y].[Y].[Y]. The molecule has 0 saturated heterocycles. The van der Waals surface area contributed by atoms with Gasteiger partial charge in [-0.25, -0.2) is 0 Å². The van der Waals surface area contributed by atoms with E-state index in [-0.39, 0.29) is 229 Å². The van der Waals surface area contributed by atoms with Crippen molar-refractivity contribution >= 4 is 0 Å². The first-order valence-corrected chi connectivity index (χ1v) is 0.408. The van der Waals surface area contributed by atoms with E-state index >= 15 is 0 Å². The number of hydrogen-bond acceptors (Lipinski definition) is 1. The maximum Gasteiger partial charge on any atom is 0 e. The molecular formula is CH4NY7-. The molecule has 9 heavy (non-hydrogen) atoms. The van der Waals surface area contributed by atoms with Gasteiger partial charge in [0.15, 0.2) is 0 Å². The van der Waals surface area contributed by atoms with Crippen LogP contribution in [0.1, 0.15) is 0 Å². The minimum atomic E-state index is 0. The van der Waals surface area contributed by atoms with Crippen molar-refractivity contribution in [3.05, 3.63) is 7.05 Å². The van der Waals surface area contributed by atoms with Crippen molar-refractivity contribution < 1.29 is 229 Å². The molecule has 0 rings (SSSR count). The first-order chi connectivity index (χ1) is 1.00. The van der Waals surface area contributed by atoms with Gasteiger partial charge in [0, 0.05) is 229 Å². The Kier molecular flexibility index (Phi) is 346. The van der Waals surface area contributed by atoms with E-state index in [1.165, 1.54) is 0 Å². The second kappa shape index (κ2) is 57.3. The second-order valence-corrected chi connectivity index (χ2v) is 0. The Labute approximate surface area is 234 Å². The predicted octanol–water partition coefficient (Wildman–Crippen LogP) is -0.281. The van der Waals surface area contributed by atoms with E-state index in [0.29, 0.717) is 0 Å². The van der Waals surface area contributed by atoms with Crippen molar-refractivity contribution in [3.8, 4) is 0 Å². The average Bonchev–Trinajstić information content (AvgIpc) is 1.00. The first kappa shape index (κ1) is 54.4. The summed E-state index contributed by atoms with van der Waals surface area (Å²) in [5, 5.41) is 0. The zero-order valence-electron chi connectivity index (χ0n) is 5.33. The van der Waals surface area contributed by atoms with Gasteiger partial charge in [-0.05, 0) is 0 Å². The topological polar surface area (TPSA) is 26.0 Å². The summed E-state index contributed by atoms with van der Waals surface area (Å²) in [5.41, 5.74) is 4.25. The van der Waals surface area contributed by atoms with Gasteiger partial charge in [0.25, 0.3) is 0 Å². The standard InChI is InChI=1S/CH4N.7Y/c1-2;;;;;;;/h1-2H2;;;;;;;/q-1;;;;;;;. The monoisotopic (exact) mass is 652 g/mol. The fraction of sp³-hybridized carbons (Fsp3) is 0. The molecule has 0 aromatic rings. The molecule has 0 unspecified atom stereocenters. The van der Waals surface area contributed by atoms with Gasteiger partial charge in [0.1, 0.15) is 0 Å². The third kappa shape index (κ3) is 49.7. The molecule has 0 aliphatic heterocycles. The van der Waals surface area contributed by atoms with Crippen LogP contribution < -0.4 is 5.73 Å². The largest absolute Gasteiger partial charge is 0.486 e. The molecule has 0 saturated carbocycles. The van der Waals surface area contributed by atoms with Crippen LogP contribution in [0, 0.1) is 7.05 Å². The molecule has 0 atom stereocenters. The molecule has 8 heteroatoms. The van der Waals surface area contributed by atoms with E-state index in [1.807, 2.05) is 0 Å². The van der Waals surface area contributed by atoms with Gasteiger partial charge in [0.05, 0.1) is 0 Å².